The predicted molar refractivity (Wildman–Crippen MR) is 147 cm³/mol. The summed E-state index contributed by atoms with van der Waals surface area (Å²) < 4.78 is 24.6. The Morgan fingerprint density at radius 1 is 0.921 bits per heavy atom. The van der Waals surface area contributed by atoms with Gasteiger partial charge >= 0.3 is 0 Å². The lowest BCUT2D eigenvalue weighted by molar-refractivity contribution is -0.298. The van der Waals surface area contributed by atoms with Crippen molar-refractivity contribution < 1.29 is 39.4 Å². The normalized spacial score (nSPS) is 50.7. The zero-order valence-corrected chi connectivity index (χ0v) is 25.4. The van der Waals surface area contributed by atoms with Crippen LogP contribution in [0, 0.1) is 17.8 Å². The van der Waals surface area contributed by atoms with Crippen molar-refractivity contribution >= 4 is 0 Å². The van der Waals surface area contributed by atoms with Gasteiger partial charge in [0.05, 0.1) is 42.2 Å². The first-order valence-electron chi connectivity index (χ1n) is 14.5. The smallest absolute Gasteiger partial charge is 0.161 e. The fraction of sp³-hybridized carbons (Fsp3) is 1.00. The molecule has 2 aliphatic rings. The molecule has 2 aliphatic heterocycles. The molecule has 2 heterocycles. The molecule has 0 aromatic rings. The van der Waals surface area contributed by atoms with Crippen LogP contribution in [0.5, 0.6) is 0 Å². The third-order valence-electron chi connectivity index (χ3n) is 8.90. The summed E-state index contributed by atoms with van der Waals surface area (Å²) in [4.78, 5) is 0. The van der Waals surface area contributed by atoms with E-state index in [1.165, 1.54) is 0 Å². The molecule has 0 amide bonds. The number of hydrogen-bond donors (Lipinski definition) is 5. The average Bonchev–Trinajstić information content (AvgIpc) is 2.82. The van der Waals surface area contributed by atoms with Crippen molar-refractivity contribution in [3.8, 4) is 0 Å². The Labute approximate surface area is 230 Å². The Kier molecular flexibility index (Phi) is 12.1. The molecule has 0 spiro atoms. The molecule has 38 heavy (non-hydrogen) atoms. The Morgan fingerprint density at radius 3 is 2.13 bits per heavy atom. The van der Waals surface area contributed by atoms with Crippen LogP contribution >= 0.6 is 0 Å². The Hall–Kier alpha value is -0.360. The monoisotopic (exact) mass is 547 g/mol. The minimum absolute atomic E-state index is 0.0430. The van der Waals surface area contributed by atoms with Gasteiger partial charge in [0.15, 0.2) is 6.29 Å². The van der Waals surface area contributed by atoms with E-state index in [1.807, 2.05) is 41.5 Å². The third kappa shape index (κ3) is 8.33. The van der Waals surface area contributed by atoms with E-state index < -0.39 is 47.5 Å². The number of methoxy groups -OCH3 is 1. The van der Waals surface area contributed by atoms with Crippen molar-refractivity contribution in [2.24, 2.45) is 17.8 Å². The molecule has 2 rings (SSSR count). The zero-order valence-electron chi connectivity index (χ0n) is 25.4. The van der Waals surface area contributed by atoms with Crippen LogP contribution in [0.25, 0.3) is 0 Å². The number of rotatable bonds is 4. The van der Waals surface area contributed by atoms with Gasteiger partial charge in [-0.15, -0.1) is 0 Å². The molecule has 13 atom stereocenters. The van der Waals surface area contributed by atoms with Crippen LogP contribution in [0.3, 0.4) is 0 Å². The first kappa shape index (κ1) is 33.8. The second-order valence-corrected chi connectivity index (χ2v) is 13.1. The van der Waals surface area contributed by atoms with Gasteiger partial charge in [0, 0.05) is 25.5 Å². The second-order valence-electron chi connectivity index (χ2n) is 13.1. The van der Waals surface area contributed by atoms with Gasteiger partial charge in [-0.3, -0.25) is 0 Å². The highest BCUT2D eigenvalue weighted by atomic mass is 16.7. The van der Waals surface area contributed by atoms with Gasteiger partial charge in [0.1, 0.15) is 11.7 Å². The van der Waals surface area contributed by atoms with Gasteiger partial charge in [-0.1, -0.05) is 27.7 Å². The van der Waals surface area contributed by atoms with Crippen molar-refractivity contribution in [1.29, 1.82) is 0 Å². The number of hydrogen-bond acceptors (Lipinski definition) is 9. The molecular formula is C29H57NO8. The Morgan fingerprint density at radius 2 is 1.55 bits per heavy atom. The topological polar surface area (TPSA) is 130 Å². The summed E-state index contributed by atoms with van der Waals surface area (Å²) in [5.41, 5.74) is -3.20. The van der Waals surface area contributed by atoms with Crippen molar-refractivity contribution in [2.75, 3.05) is 20.3 Å². The summed E-state index contributed by atoms with van der Waals surface area (Å²) in [5, 5.41) is 47.7. The van der Waals surface area contributed by atoms with E-state index in [0.29, 0.717) is 38.8 Å². The van der Waals surface area contributed by atoms with Crippen LogP contribution < -0.4 is 5.32 Å². The predicted octanol–water partition coefficient (Wildman–Crippen LogP) is 2.61. The summed E-state index contributed by atoms with van der Waals surface area (Å²) >= 11 is 0. The molecule has 0 aromatic heterocycles. The molecule has 5 N–H and O–H groups in total. The molecule has 0 saturated carbocycles. The van der Waals surface area contributed by atoms with E-state index in [9.17, 15) is 20.4 Å². The lowest BCUT2D eigenvalue weighted by atomic mass is 9.80. The minimum atomic E-state index is -1.46. The van der Waals surface area contributed by atoms with Gasteiger partial charge in [-0.25, -0.2) is 0 Å². The fourth-order valence-electron chi connectivity index (χ4n) is 6.57. The highest BCUT2D eigenvalue weighted by Crippen LogP contribution is 2.37. The van der Waals surface area contributed by atoms with Crippen LogP contribution in [-0.4, -0.2) is 100 Å². The molecule has 0 bridgehead atoms. The molecule has 9 heteroatoms. The van der Waals surface area contributed by atoms with Gasteiger partial charge in [0.25, 0.3) is 0 Å². The number of ether oxygens (including phenoxy) is 4. The maximum Gasteiger partial charge on any atom is 0.161 e. The van der Waals surface area contributed by atoms with Crippen LogP contribution in [0.2, 0.25) is 0 Å². The summed E-state index contributed by atoms with van der Waals surface area (Å²) in [7, 11) is 1.58. The highest BCUT2D eigenvalue weighted by Gasteiger charge is 2.47. The molecule has 0 aliphatic carbocycles. The SMILES string of the molecule is CCC1OCC(C)C(O[C@H]2C[C@@](C)(OC)[C@@H](O)[C@H](C)O2)C(C)CC(C)(O)CC(C)CNC(C)C(O)C1(C)O. The Bertz CT molecular complexity index is 721. The largest absolute Gasteiger partial charge is 0.390 e. The van der Waals surface area contributed by atoms with E-state index in [2.05, 4.69) is 19.2 Å². The van der Waals surface area contributed by atoms with Crippen molar-refractivity contribution in [2.45, 2.75) is 148 Å². The van der Waals surface area contributed by atoms with Crippen LogP contribution in [0.1, 0.15) is 88.0 Å². The molecule has 0 radical (unpaired) electrons. The molecular weight excluding hydrogens is 490 g/mol. The lowest BCUT2D eigenvalue weighted by Gasteiger charge is -2.46. The minimum Gasteiger partial charge on any atom is -0.390 e. The van der Waals surface area contributed by atoms with E-state index in [1.54, 1.807) is 14.0 Å². The second kappa shape index (κ2) is 13.5. The van der Waals surface area contributed by atoms with Crippen molar-refractivity contribution in [1.82, 2.24) is 5.32 Å². The maximum absolute atomic E-state index is 11.4. The number of aliphatic hydroxyl groups is 4. The van der Waals surface area contributed by atoms with Gasteiger partial charge in [-0.2, -0.15) is 0 Å². The maximum atomic E-state index is 11.4. The van der Waals surface area contributed by atoms with E-state index >= 15 is 0 Å². The van der Waals surface area contributed by atoms with E-state index in [4.69, 9.17) is 18.9 Å². The third-order valence-corrected chi connectivity index (χ3v) is 8.90. The summed E-state index contributed by atoms with van der Waals surface area (Å²) in [5.74, 6) is -0.0117. The number of aliphatic hydroxyl groups excluding tert-OH is 2. The first-order chi connectivity index (χ1) is 17.5. The quantitative estimate of drug-likeness (QED) is 0.361. The van der Waals surface area contributed by atoms with Gasteiger partial charge in [0.2, 0.25) is 0 Å². The molecule has 2 saturated heterocycles. The summed E-state index contributed by atoms with van der Waals surface area (Å²) in [6, 6.07) is -0.358. The van der Waals surface area contributed by atoms with E-state index in [-0.39, 0.29) is 29.9 Å². The fourth-order valence-corrected chi connectivity index (χ4v) is 6.57. The van der Waals surface area contributed by atoms with Crippen LogP contribution in [0.15, 0.2) is 0 Å². The van der Waals surface area contributed by atoms with Crippen LogP contribution in [0.4, 0.5) is 0 Å². The van der Waals surface area contributed by atoms with Crippen molar-refractivity contribution in [3.05, 3.63) is 0 Å². The summed E-state index contributed by atoms with van der Waals surface area (Å²) in [6.07, 6.45) is -1.82. The highest BCUT2D eigenvalue weighted by molar-refractivity contribution is 4.96. The molecule has 2 fully saturated rings. The first-order valence-corrected chi connectivity index (χ1v) is 14.5. The van der Waals surface area contributed by atoms with Gasteiger partial charge in [-0.05, 0) is 72.3 Å². The summed E-state index contributed by atoms with van der Waals surface area (Å²) in [6.45, 7) is 18.0. The molecule has 9 nitrogen and oxygen atoms in total. The molecule has 226 valence electrons. The lowest BCUT2D eigenvalue weighted by Crippen LogP contribution is -2.58. The van der Waals surface area contributed by atoms with Crippen LogP contribution in [-0.2, 0) is 18.9 Å². The standard InChI is InChI=1S/C29H57NO8/c1-11-22-29(9,34)25(31)20(5)30-15-17(2)12-27(7,33)13-18(3)24(19(4)16-36-22)38-23-14-28(8,35-10)26(32)21(6)37-23/h17-26,30-34H,11-16H2,1-10H3/t17?,18?,19?,20?,21-,22?,23-,24?,25?,26-,27?,28+,29?/m0/s1. The number of nitrogens with one attached hydrogen (secondary N) is 1. The zero-order chi connectivity index (χ0) is 29.1. The Balaban J connectivity index is 2.35. The molecule has 9 unspecified atom stereocenters. The van der Waals surface area contributed by atoms with Gasteiger partial charge < -0.3 is 44.7 Å². The van der Waals surface area contributed by atoms with E-state index in [0.717, 1.165) is 0 Å². The van der Waals surface area contributed by atoms with Crippen molar-refractivity contribution in [3.63, 3.8) is 0 Å². The average molecular weight is 548 g/mol. The molecule has 0 aromatic carbocycles.